The van der Waals surface area contributed by atoms with Crippen molar-refractivity contribution in [3.63, 3.8) is 0 Å². The Morgan fingerprint density at radius 2 is 1.62 bits per heavy atom. The number of benzene rings is 2. The van der Waals surface area contributed by atoms with Gasteiger partial charge in [-0.05, 0) is 48.2 Å². The fourth-order valence-corrected chi connectivity index (χ4v) is 6.96. The molecule has 1 aromatic heterocycles. The van der Waals surface area contributed by atoms with Crippen molar-refractivity contribution < 1.29 is 22.7 Å². The van der Waals surface area contributed by atoms with Crippen LogP contribution in [0.1, 0.15) is 38.1 Å². The van der Waals surface area contributed by atoms with Crippen molar-refractivity contribution in [1.29, 1.82) is 0 Å². The zero-order valence-corrected chi connectivity index (χ0v) is 24.3. The van der Waals surface area contributed by atoms with Crippen molar-refractivity contribution >= 4 is 66.7 Å². The molecular weight excluding hydrogens is 557 g/mol. The number of fused-ring (bicyclic) bond motifs is 1. The van der Waals surface area contributed by atoms with Gasteiger partial charge in [-0.15, -0.1) is 0 Å². The van der Waals surface area contributed by atoms with Crippen molar-refractivity contribution in [3.8, 4) is 0 Å². The molecule has 0 aliphatic carbocycles. The molecule has 12 heteroatoms. The Morgan fingerprint density at radius 3 is 2.16 bits per heavy atom. The maximum atomic E-state index is 13.3. The van der Waals surface area contributed by atoms with Crippen LogP contribution in [-0.2, 0) is 26.1 Å². The van der Waals surface area contributed by atoms with E-state index in [1.54, 1.807) is 12.1 Å². The number of ether oxygens (including phenoxy) is 1. The number of hydrogen-bond acceptors (Lipinski definition) is 6. The number of methoxy groups -OCH3 is 1. The zero-order chi connectivity index (χ0) is 27.5. The first-order chi connectivity index (χ1) is 17.3. The van der Waals surface area contributed by atoms with Crippen molar-refractivity contribution in [3.05, 3.63) is 56.8 Å². The topological polar surface area (TPSA) is 98.0 Å². The predicted octanol–water partition coefficient (Wildman–Crippen LogP) is 5.23. The average Bonchev–Trinajstić information content (AvgIpc) is 3.17. The second-order valence-corrected chi connectivity index (χ2v) is 13.0. The number of aromatic nitrogens is 1. The Bertz CT molecular complexity index is 1470. The van der Waals surface area contributed by atoms with Crippen LogP contribution in [0.15, 0.2) is 46.3 Å². The van der Waals surface area contributed by atoms with E-state index < -0.39 is 21.9 Å². The summed E-state index contributed by atoms with van der Waals surface area (Å²) in [4.78, 5) is 29.6. The standard InChI is InChI=1S/C25H29Cl2N3O5S2/c1-15(2)12-29(13-16(3)4)37(33,34)18-8-6-17(7-9-18)24(32)28-25-30(14-21(31)35-5)23-20(36-25)11-10-19(26)22(23)27/h6-11,15-16H,12-14H2,1-5H3. The number of carbonyl (C=O) groups excluding carboxylic acids is 2. The molecule has 0 atom stereocenters. The Balaban J connectivity index is 2.00. The molecule has 0 saturated carbocycles. The number of hydrogen-bond donors (Lipinski definition) is 0. The maximum absolute atomic E-state index is 13.3. The largest absolute Gasteiger partial charge is 0.468 e. The van der Waals surface area contributed by atoms with Crippen LogP contribution in [0.25, 0.3) is 10.2 Å². The smallest absolute Gasteiger partial charge is 0.325 e. The van der Waals surface area contributed by atoms with E-state index in [0.717, 1.165) is 0 Å². The fraction of sp³-hybridized carbons (Fsp3) is 0.400. The number of halogens is 2. The van der Waals surface area contributed by atoms with E-state index >= 15 is 0 Å². The molecule has 0 aliphatic rings. The van der Waals surface area contributed by atoms with E-state index in [1.165, 1.54) is 51.6 Å². The Labute approximate surface area is 230 Å². The lowest BCUT2D eigenvalue weighted by molar-refractivity contribution is -0.141. The molecule has 3 rings (SSSR count). The first-order valence-corrected chi connectivity index (χ1v) is 14.6. The van der Waals surface area contributed by atoms with Gasteiger partial charge in [-0.25, -0.2) is 8.42 Å². The molecule has 8 nitrogen and oxygen atoms in total. The van der Waals surface area contributed by atoms with Crippen molar-refractivity contribution in [2.75, 3.05) is 20.2 Å². The van der Waals surface area contributed by atoms with Gasteiger partial charge in [0.25, 0.3) is 5.91 Å². The molecule has 0 unspecified atom stereocenters. The maximum Gasteiger partial charge on any atom is 0.325 e. The van der Waals surface area contributed by atoms with E-state index in [0.29, 0.717) is 28.3 Å². The third kappa shape index (κ3) is 6.80. The lowest BCUT2D eigenvalue weighted by Gasteiger charge is -2.25. The summed E-state index contributed by atoms with van der Waals surface area (Å²) in [6.45, 7) is 8.44. The van der Waals surface area contributed by atoms with Crippen LogP contribution in [0.2, 0.25) is 10.0 Å². The first-order valence-electron chi connectivity index (χ1n) is 11.6. The van der Waals surface area contributed by atoms with Gasteiger partial charge in [-0.3, -0.25) is 9.59 Å². The van der Waals surface area contributed by atoms with Crippen molar-refractivity contribution in [2.24, 2.45) is 16.8 Å². The third-order valence-corrected chi connectivity index (χ3v) is 9.01. The lowest BCUT2D eigenvalue weighted by atomic mass is 10.2. The highest BCUT2D eigenvalue weighted by Gasteiger charge is 2.26. The highest BCUT2D eigenvalue weighted by molar-refractivity contribution is 7.89. The molecule has 1 heterocycles. The van der Waals surface area contributed by atoms with Gasteiger partial charge in [-0.1, -0.05) is 62.2 Å². The monoisotopic (exact) mass is 585 g/mol. The van der Waals surface area contributed by atoms with E-state index in [9.17, 15) is 18.0 Å². The summed E-state index contributed by atoms with van der Waals surface area (Å²) in [5.41, 5.74) is 0.664. The number of thiazole rings is 1. The molecule has 200 valence electrons. The van der Waals surface area contributed by atoms with Gasteiger partial charge in [0.2, 0.25) is 10.0 Å². The first kappa shape index (κ1) is 29.3. The molecule has 3 aromatic rings. The second-order valence-electron chi connectivity index (χ2n) is 9.31. The van der Waals surface area contributed by atoms with E-state index in [1.807, 2.05) is 27.7 Å². The van der Waals surface area contributed by atoms with E-state index in [4.69, 9.17) is 27.9 Å². The number of rotatable bonds is 9. The van der Waals surface area contributed by atoms with Gasteiger partial charge in [-0.2, -0.15) is 9.30 Å². The quantitative estimate of drug-likeness (QED) is 0.320. The summed E-state index contributed by atoms with van der Waals surface area (Å²) in [7, 11) is -2.47. The number of nitrogens with zero attached hydrogens (tertiary/aromatic N) is 3. The van der Waals surface area contributed by atoms with Crippen LogP contribution >= 0.6 is 34.5 Å². The van der Waals surface area contributed by atoms with Gasteiger partial charge in [0.1, 0.15) is 6.54 Å². The highest BCUT2D eigenvalue weighted by Crippen LogP contribution is 2.32. The molecule has 0 N–H and O–H groups in total. The van der Waals surface area contributed by atoms with Crippen LogP contribution < -0.4 is 4.80 Å². The molecule has 0 aliphatic heterocycles. The molecule has 0 fully saturated rings. The van der Waals surface area contributed by atoms with Crippen LogP contribution in [0.3, 0.4) is 0 Å². The van der Waals surface area contributed by atoms with Gasteiger partial charge < -0.3 is 9.30 Å². The molecule has 0 saturated heterocycles. The minimum atomic E-state index is -3.73. The van der Waals surface area contributed by atoms with Crippen molar-refractivity contribution in [2.45, 2.75) is 39.1 Å². The molecule has 0 spiro atoms. The number of sulfonamides is 1. The highest BCUT2D eigenvalue weighted by atomic mass is 35.5. The minimum Gasteiger partial charge on any atom is -0.468 e. The summed E-state index contributed by atoms with van der Waals surface area (Å²) < 4.78 is 34.9. The normalized spacial score (nSPS) is 12.8. The Kier molecular flexibility index (Phi) is 9.57. The minimum absolute atomic E-state index is 0.106. The van der Waals surface area contributed by atoms with Crippen LogP contribution in [-0.4, -0.2) is 49.4 Å². The predicted molar refractivity (Wildman–Crippen MR) is 147 cm³/mol. The van der Waals surface area contributed by atoms with Gasteiger partial charge in [0.15, 0.2) is 4.80 Å². The number of esters is 1. The number of carbonyl (C=O) groups is 2. The zero-order valence-electron chi connectivity index (χ0n) is 21.2. The third-order valence-electron chi connectivity index (χ3n) is 5.32. The molecule has 0 radical (unpaired) electrons. The summed E-state index contributed by atoms with van der Waals surface area (Å²) in [6, 6.07) is 9.04. The molecular formula is C25H29Cl2N3O5S2. The molecule has 1 amide bonds. The lowest BCUT2D eigenvalue weighted by Crippen LogP contribution is -2.37. The van der Waals surface area contributed by atoms with E-state index in [-0.39, 0.29) is 38.7 Å². The van der Waals surface area contributed by atoms with Gasteiger partial charge in [0.05, 0.1) is 32.3 Å². The van der Waals surface area contributed by atoms with Crippen LogP contribution in [0.5, 0.6) is 0 Å². The van der Waals surface area contributed by atoms with Gasteiger partial charge in [0, 0.05) is 18.7 Å². The van der Waals surface area contributed by atoms with Gasteiger partial charge >= 0.3 is 5.97 Å². The molecule has 37 heavy (non-hydrogen) atoms. The SMILES string of the molecule is COC(=O)Cn1c(=NC(=O)c2ccc(S(=O)(=O)N(CC(C)C)CC(C)C)cc2)sc2ccc(Cl)c(Cl)c21. The summed E-state index contributed by atoms with van der Waals surface area (Å²) >= 11 is 13.7. The van der Waals surface area contributed by atoms with E-state index in [2.05, 4.69) is 4.99 Å². The molecule has 2 aromatic carbocycles. The Morgan fingerprint density at radius 1 is 1.03 bits per heavy atom. The summed E-state index contributed by atoms with van der Waals surface area (Å²) in [5, 5.41) is 0.527. The fourth-order valence-electron chi connectivity index (χ4n) is 3.68. The molecule has 0 bridgehead atoms. The summed E-state index contributed by atoms with van der Waals surface area (Å²) in [6.07, 6.45) is 0. The van der Waals surface area contributed by atoms with Crippen molar-refractivity contribution in [1.82, 2.24) is 8.87 Å². The van der Waals surface area contributed by atoms with Crippen LogP contribution in [0.4, 0.5) is 0 Å². The average molecular weight is 587 g/mol. The Hall–Kier alpha value is -2.24. The second kappa shape index (κ2) is 12.1. The van der Waals surface area contributed by atoms with Crippen LogP contribution in [0, 0.1) is 11.8 Å². The summed E-state index contributed by atoms with van der Waals surface area (Å²) in [5.74, 6) is -0.826. The number of amides is 1.